The van der Waals surface area contributed by atoms with Gasteiger partial charge < -0.3 is 0 Å². The van der Waals surface area contributed by atoms with Crippen molar-refractivity contribution in [2.24, 2.45) is 4.99 Å². The monoisotopic (exact) mass is 163 g/mol. The molecule has 0 aromatic heterocycles. The molecule has 0 aliphatic carbocycles. The number of allylic oxidation sites excluding steroid dienone is 1. The highest BCUT2D eigenvalue weighted by molar-refractivity contribution is 5.85. The van der Waals surface area contributed by atoms with Gasteiger partial charge in [0.15, 0.2) is 5.70 Å². The van der Waals surface area contributed by atoms with Gasteiger partial charge in [0, 0.05) is 6.42 Å². The second kappa shape index (κ2) is 2.56. The first kappa shape index (κ1) is 8.10. The van der Waals surface area contributed by atoms with Crippen LogP contribution < -0.4 is 5.32 Å². The Morgan fingerprint density at radius 1 is 1.45 bits per heavy atom. The minimum Gasteiger partial charge on any atom is -0.239 e. The fourth-order valence-electron chi connectivity index (χ4n) is 0.639. The summed E-state index contributed by atoms with van der Waals surface area (Å²) >= 11 is 0. The van der Waals surface area contributed by atoms with Crippen molar-refractivity contribution in [3.8, 4) is 0 Å². The van der Waals surface area contributed by atoms with Crippen LogP contribution in [0.1, 0.15) is 13.3 Å². The summed E-state index contributed by atoms with van der Waals surface area (Å²) in [7, 11) is 0. The molecule has 0 saturated heterocycles. The molecule has 0 N–H and O–H groups in total. The van der Waals surface area contributed by atoms with Gasteiger partial charge in [-0.3, -0.25) is 0 Å². The molecule has 11 heavy (non-hydrogen) atoms. The van der Waals surface area contributed by atoms with E-state index < -0.39 is 11.9 Å². The van der Waals surface area contributed by atoms with Crippen molar-refractivity contribution in [2.75, 3.05) is 0 Å². The molecule has 5 heteroatoms. The Labute approximate surface area is 61.8 Å². The minimum atomic E-state index is -4.36. The van der Waals surface area contributed by atoms with Crippen LogP contribution in [0.5, 0.6) is 0 Å². The summed E-state index contributed by atoms with van der Waals surface area (Å²) < 4.78 is 35.5. The van der Waals surface area contributed by atoms with E-state index in [0.717, 1.165) is 6.20 Å². The van der Waals surface area contributed by atoms with E-state index in [1.807, 2.05) is 0 Å². The van der Waals surface area contributed by atoms with Gasteiger partial charge in [0.2, 0.25) is 0 Å². The first-order chi connectivity index (χ1) is 5.04. The van der Waals surface area contributed by atoms with E-state index in [4.69, 9.17) is 0 Å². The largest absolute Gasteiger partial charge is 0.434 e. The quantitative estimate of drug-likeness (QED) is 0.563. The lowest BCUT2D eigenvalue weighted by Gasteiger charge is -2.00. The molecule has 0 atom stereocenters. The Bertz CT molecular complexity index is 214. The number of rotatable bonds is 1. The van der Waals surface area contributed by atoms with E-state index in [1.54, 1.807) is 6.92 Å². The van der Waals surface area contributed by atoms with Crippen LogP contribution in [0.25, 0.3) is 0 Å². The third-order valence-electron chi connectivity index (χ3n) is 1.19. The Morgan fingerprint density at radius 3 is 2.36 bits per heavy atom. The molecule has 61 valence electrons. The molecule has 2 nitrogen and oxygen atoms in total. The maximum Gasteiger partial charge on any atom is 0.434 e. The summed E-state index contributed by atoms with van der Waals surface area (Å²) in [5.41, 5.74) is -0.908. The van der Waals surface area contributed by atoms with Crippen LogP contribution in [-0.4, -0.2) is 12.0 Å². The van der Waals surface area contributed by atoms with Crippen LogP contribution in [0.4, 0.5) is 13.2 Å². The predicted molar refractivity (Wildman–Crippen MR) is 34.0 cm³/mol. The van der Waals surface area contributed by atoms with Crippen molar-refractivity contribution in [2.45, 2.75) is 19.5 Å². The first-order valence-corrected chi connectivity index (χ1v) is 3.10. The van der Waals surface area contributed by atoms with Gasteiger partial charge in [-0.05, 0) is 0 Å². The fourth-order valence-corrected chi connectivity index (χ4v) is 0.639. The molecule has 1 heterocycles. The van der Waals surface area contributed by atoms with Crippen LogP contribution in [0, 0.1) is 0 Å². The molecule has 0 aromatic rings. The van der Waals surface area contributed by atoms with Gasteiger partial charge in [-0.1, -0.05) is 6.92 Å². The molecule has 0 unspecified atom stereocenters. The smallest absolute Gasteiger partial charge is 0.239 e. The lowest BCUT2D eigenvalue weighted by atomic mass is 10.4. The number of hydrogen-bond donors (Lipinski definition) is 0. The zero-order chi connectivity index (χ0) is 8.48. The minimum absolute atomic E-state index is 0.234. The van der Waals surface area contributed by atoms with Crippen LogP contribution in [0.15, 0.2) is 16.9 Å². The number of nitrogens with zero attached hydrogens (tertiary/aromatic N) is 2. The van der Waals surface area contributed by atoms with Gasteiger partial charge >= 0.3 is 6.18 Å². The van der Waals surface area contributed by atoms with E-state index in [2.05, 4.69) is 10.3 Å². The maximum atomic E-state index is 11.8. The van der Waals surface area contributed by atoms with Crippen molar-refractivity contribution < 1.29 is 13.2 Å². The van der Waals surface area contributed by atoms with Crippen molar-refractivity contribution in [3.05, 3.63) is 11.9 Å². The maximum absolute atomic E-state index is 11.8. The molecule has 0 aromatic carbocycles. The third-order valence-corrected chi connectivity index (χ3v) is 1.19. The van der Waals surface area contributed by atoms with E-state index >= 15 is 0 Å². The molecular formula is C6H6F3N2. The van der Waals surface area contributed by atoms with Gasteiger partial charge in [-0.25, -0.2) is 10.3 Å². The molecular weight excluding hydrogens is 157 g/mol. The number of hydrogen-bond acceptors (Lipinski definition) is 1. The zero-order valence-corrected chi connectivity index (χ0v) is 5.81. The summed E-state index contributed by atoms with van der Waals surface area (Å²) in [4.78, 5) is 3.26. The van der Waals surface area contributed by atoms with Crippen LogP contribution >= 0.6 is 0 Å². The van der Waals surface area contributed by atoms with Crippen LogP contribution in [-0.2, 0) is 0 Å². The molecule has 1 rings (SSSR count). The van der Waals surface area contributed by atoms with E-state index in [1.165, 1.54) is 0 Å². The van der Waals surface area contributed by atoms with E-state index in [0.29, 0.717) is 6.42 Å². The number of aliphatic imine (C=N–C) groups is 1. The molecule has 0 saturated carbocycles. The lowest BCUT2D eigenvalue weighted by Crippen LogP contribution is -2.08. The Morgan fingerprint density at radius 2 is 2.09 bits per heavy atom. The standard InChI is InChI=1S/C6H6F3N2/c1-2-5-10-3-4(11-5)6(7,8)9/h3H,2H2,1H3. The fraction of sp³-hybridized carbons (Fsp3) is 0.500. The highest BCUT2D eigenvalue weighted by Gasteiger charge is 2.36. The van der Waals surface area contributed by atoms with Crippen molar-refractivity contribution >= 4 is 5.84 Å². The van der Waals surface area contributed by atoms with Gasteiger partial charge in [0.05, 0.1) is 6.20 Å². The highest BCUT2D eigenvalue weighted by Crippen LogP contribution is 2.28. The first-order valence-electron chi connectivity index (χ1n) is 3.10. The molecule has 1 aliphatic rings. The Kier molecular flexibility index (Phi) is 1.89. The van der Waals surface area contributed by atoms with Gasteiger partial charge in [-0.15, -0.1) is 0 Å². The summed E-state index contributed by atoms with van der Waals surface area (Å²) in [6.45, 7) is 1.70. The summed E-state index contributed by atoms with van der Waals surface area (Å²) in [5, 5.41) is 3.47. The Hall–Kier alpha value is -1.00. The second-order valence-electron chi connectivity index (χ2n) is 2.02. The van der Waals surface area contributed by atoms with Crippen LogP contribution in [0.2, 0.25) is 0 Å². The van der Waals surface area contributed by atoms with Gasteiger partial charge in [0.1, 0.15) is 5.84 Å². The van der Waals surface area contributed by atoms with Crippen molar-refractivity contribution in [1.82, 2.24) is 5.32 Å². The zero-order valence-electron chi connectivity index (χ0n) is 5.81. The molecule has 0 bridgehead atoms. The predicted octanol–water partition coefficient (Wildman–Crippen LogP) is 1.82. The van der Waals surface area contributed by atoms with Crippen molar-refractivity contribution in [3.63, 3.8) is 0 Å². The number of alkyl halides is 3. The van der Waals surface area contributed by atoms with Gasteiger partial charge in [0.25, 0.3) is 0 Å². The molecule has 1 aliphatic heterocycles. The highest BCUT2D eigenvalue weighted by atomic mass is 19.4. The number of amidine groups is 1. The molecule has 0 fully saturated rings. The van der Waals surface area contributed by atoms with Gasteiger partial charge in [-0.2, -0.15) is 13.2 Å². The third kappa shape index (κ3) is 1.72. The molecule has 0 amide bonds. The topological polar surface area (TPSA) is 26.5 Å². The average molecular weight is 163 g/mol. The number of halogens is 3. The van der Waals surface area contributed by atoms with E-state index in [9.17, 15) is 13.2 Å². The van der Waals surface area contributed by atoms with E-state index in [-0.39, 0.29) is 5.84 Å². The lowest BCUT2D eigenvalue weighted by molar-refractivity contribution is -0.0921. The van der Waals surface area contributed by atoms with Crippen LogP contribution in [0.3, 0.4) is 0 Å². The molecule has 1 radical (unpaired) electrons. The SMILES string of the molecule is CCC1=NC(C(F)(F)F)=C[N]1. The summed E-state index contributed by atoms with van der Waals surface area (Å²) in [6, 6.07) is 0. The summed E-state index contributed by atoms with van der Waals surface area (Å²) in [5.74, 6) is 0.234. The second-order valence-corrected chi connectivity index (χ2v) is 2.02. The summed E-state index contributed by atoms with van der Waals surface area (Å²) in [6.07, 6.45) is -3.19. The Balaban J connectivity index is 2.72. The molecule has 0 spiro atoms. The van der Waals surface area contributed by atoms with Crippen molar-refractivity contribution in [1.29, 1.82) is 0 Å². The average Bonchev–Trinajstić information content (AvgIpc) is 2.32. The normalized spacial score (nSPS) is 17.5.